The summed E-state index contributed by atoms with van der Waals surface area (Å²) in [6.45, 7) is 2.14. The third kappa shape index (κ3) is 3.62. The summed E-state index contributed by atoms with van der Waals surface area (Å²) in [6.07, 6.45) is 0.535. The lowest BCUT2D eigenvalue weighted by molar-refractivity contribution is 0.175. The van der Waals surface area contributed by atoms with Crippen LogP contribution in [0.5, 0.6) is 0 Å². The summed E-state index contributed by atoms with van der Waals surface area (Å²) >= 11 is 6.91. The Labute approximate surface area is 95.7 Å². The number of halogens is 1. The minimum atomic E-state index is -0.306. The van der Waals surface area contributed by atoms with Crippen LogP contribution in [0.15, 0.2) is 15.2 Å². The van der Waals surface area contributed by atoms with Gasteiger partial charge >= 0.3 is 0 Å². The smallest absolute Gasteiger partial charge is 0.0816 e. The lowest BCUT2D eigenvalue weighted by Gasteiger charge is -2.08. The fourth-order valence-corrected chi connectivity index (χ4v) is 3.31. The van der Waals surface area contributed by atoms with Crippen molar-refractivity contribution in [1.82, 2.24) is 0 Å². The first-order valence-corrected chi connectivity index (χ1v) is 7.12. The summed E-state index contributed by atoms with van der Waals surface area (Å²) < 4.78 is 1.03. The molecule has 0 saturated heterocycles. The SMILES string of the molecule is CCSCCC(O)c1cscc1Br. The van der Waals surface area contributed by atoms with E-state index in [2.05, 4.69) is 22.9 Å². The van der Waals surface area contributed by atoms with Crippen LogP contribution in [-0.4, -0.2) is 16.6 Å². The molecule has 1 rings (SSSR count). The highest BCUT2D eigenvalue weighted by molar-refractivity contribution is 9.10. The van der Waals surface area contributed by atoms with Crippen LogP contribution in [-0.2, 0) is 0 Å². The van der Waals surface area contributed by atoms with Crippen LogP contribution < -0.4 is 0 Å². The van der Waals surface area contributed by atoms with Crippen LogP contribution in [0.2, 0.25) is 0 Å². The Hall–Kier alpha value is 0.490. The van der Waals surface area contributed by atoms with Gasteiger partial charge < -0.3 is 5.11 Å². The average Bonchev–Trinajstić information content (AvgIpc) is 2.52. The molecule has 0 fully saturated rings. The van der Waals surface area contributed by atoms with E-state index in [0.717, 1.165) is 28.0 Å². The second kappa shape index (κ2) is 6.06. The molecule has 1 nitrogen and oxygen atoms in total. The standard InChI is InChI=1S/C9H13BrOS2/c1-2-12-4-3-9(11)7-5-13-6-8(7)10/h5-6,9,11H,2-4H2,1H3. The van der Waals surface area contributed by atoms with E-state index in [1.165, 1.54) is 0 Å². The molecule has 0 amide bonds. The second-order valence-corrected chi connectivity index (χ2v) is 5.67. The number of thiophene rings is 1. The molecule has 1 aromatic heterocycles. The summed E-state index contributed by atoms with van der Waals surface area (Å²) in [5, 5.41) is 13.8. The fourth-order valence-electron chi connectivity index (χ4n) is 1.02. The van der Waals surface area contributed by atoms with Gasteiger partial charge in [-0.15, -0.1) is 0 Å². The van der Waals surface area contributed by atoms with Crippen molar-refractivity contribution < 1.29 is 5.11 Å². The zero-order valence-corrected chi connectivity index (χ0v) is 10.7. The highest BCUT2D eigenvalue weighted by atomic mass is 79.9. The summed E-state index contributed by atoms with van der Waals surface area (Å²) in [7, 11) is 0. The number of aliphatic hydroxyl groups is 1. The summed E-state index contributed by atoms with van der Waals surface area (Å²) in [4.78, 5) is 0. The van der Waals surface area contributed by atoms with Gasteiger partial charge in [0, 0.05) is 15.4 Å². The average molecular weight is 281 g/mol. The Balaban J connectivity index is 2.39. The highest BCUT2D eigenvalue weighted by Gasteiger charge is 2.11. The molecule has 1 heterocycles. The van der Waals surface area contributed by atoms with E-state index in [1.807, 2.05) is 22.5 Å². The van der Waals surface area contributed by atoms with E-state index in [9.17, 15) is 5.11 Å². The van der Waals surface area contributed by atoms with E-state index >= 15 is 0 Å². The lowest BCUT2D eigenvalue weighted by Crippen LogP contribution is -1.98. The maximum Gasteiger partial charge on any atom is 0.0816 e. The van der Waals surface area contributed by atoms with E-state index in [0.29, 0.717) is 0 Å². The van der Waals surface area contributed by atoms with Crippen molar-refractivity contribution in [1.29, 1.82) is 0 Å². The first kappa shape index (κ1) is 11.6. The highest BCUT2D eigenvalue weighted by Crippen LogP contribution is 2.29. The molecule has 0 bridgehead atoms. The number of aliphatic hydroxyl groups excluding tert-OH is 1. The van der Waals surface area contributed by atoms with Crippen molar-refractivity contribution in [3.63, 3.8) is 0 Å². The summed E-state index contributed by atoms with van der Waals surface area (Å²) in [5.41, 5.74) is 1.03. The van der Waals surface area contributed by atoms with Crippen LogP contribution in [0.1, 0.15) is 25.0 Å². The van der Waals surface area contributed by atoms with Crippen LogP contribution >= 0.6 is 39.0 Å². The van der Waals surface area contributed by atoms with Gasteiger partial charge in [-0.2, -0.15) is 23.1 Å². The predicted octanol–water partition coefficient (Wildman–Crippen LogP) is 3.69. The van der Waals surface area contributed by atoms with Gasteiger partial charge in [-0.1, -0.05) is 6.92 Å². The maximum atomic E-state index is 9.78. The van der Waals surface area contributed by atoms with Gasteiger partial charge in [-0.3, -0.25) is 0 Å². The van der Waals surface area contributed by atoms with Crippen molar-refractivity contribution >= 4 is 39.0 Å². The van der Waals surface area contributed by atoms with Crippen LogP contribution in [0.3, 0.4) is 0 Å². The van der Waals surface area contributed by atoms with Gasteiger partial charge in [0.15, 0.2) is 0 Å². The first-order chi connectivity index (χ1) is 6.25. The fraction of sp³-hybridized carbons (Fsp3) is 0.556. The van der Waals surface area contributed by atoms with Crippen LogP contribution in [0, 0.1) is 0 Å². The summed E-state index contributed by atoms with van der Waals surface area (Å²) in [6, 6.07) is 0. The number of rotatable bonds is 5. The maximum absolute atomic E-state index is 9.78. The molecule has 1 atom stereocenters. The van der Waals surface area contributed by atoms with Crippen molar-refractivity contribution in [2.75, 3.05) is 11.5 Å². The molecule has 13 heavy (non-hydrogen) atoms. The largest absolute Gasteiger partial charge is 0.388 e. The van der Waals surface area contributed by atoms with Crippen LogP contribution in [0.4, 0.5) is 0 Å². The first-order valence-electron chi connectivity index (χ1n) is 4.23. The van der Waals surface area contributed by atoms with Crippen molar-refractivity contribution in [3.05, 3.63) is 20.8 Å². The van der Waals surface area contributed by atoms with E-state index in [-0.39, 0.29) is 6.10 Å². The molecular weight excluding hydrogens is 268 g/mol. The van der Waals surface area contributed by atoms with Gasteiger partial charge in [-0.25, -0.2) is 0 Å². The normalized spacial score (nSPS) is 13.2. The Kier molecular flexibility index (Phi) is 5.39. The molecule has 1 aromatic rings. The monoisotopic (exact) mass is 280 g/mol. The van der Waals surface area contributed by atoms with E-state index < -0.39 is 0 Å². The van der Waals surface area contributed by atoms with Gasteiger partial charge in [-0.05, 0) is 39.2 Å². The molecule has 0 radical (unpaired) electrons. The molecule has 0 spiro atoms. The van der Waals surface area contributed by atoms with Gasteiger partial charge in [0.05, 0.1) is 6.10 Å². The third-order valence-electron chi connectivity index (χ3n) is 1.74. The molecule has 1 N–H and O–H groups in total. The molecule has 1 unspecified atom stereocenters. The Bertz CT molecular complexity index is 250. The molecule has 0 aliphatic carbocycles. The predicted molar refractivity (Wildman–Crippen MR) is 64.6 cm³/mol. The van der Waals surface area contributed by atoms with Crippen LogP contribution in [0.25, 0.3) is 0 Å². The minimum Gasteiger partial charge on any atom is -0.388 e. The molecule has 4 heteroatoms. The second-order valence-electron chi connectivity index (χ2n) is 2.68. The van der Waals surface area contributed by atoms with Crippen molar-refractivity contribution in [2.45, 2.75) is 19.4 Å². The third-order valence-corrected chi connectivity index (χ3v) is 4.43. The number of thioether (sulfide) groups is 1. The zero-order chi connectivity index (χ0) is 9.68. The molecule has 0 aliphatic rings. The Morgan fingerprint density at radius 1 is 1.62 bits per heavy atom. The van der Waals surface area contributed by atoms with Crippen molar-refractivity contribution in [2.24, 2.45) is 0 Å². The van der Waals surface area contributed by atoms with Gasteiger partial charge in [0.2, 0.25) is 0 Å². The zero-order valence-electron chi connectivity index (χ0n) is 7.50. The molecular formula is C9H13BrOS2. The quantitative estimate of drug-likeness (QED) is 0.831. The number of hydrogen-bond acceptors (Lipinski definition) is 3. The Morgan fingerprint density at radius 3 is 2.92 bits per heavy atom. The lowest BCUT2D eigenvalue weighted by atomic mass is 10.1. The van der Waals surface area contributed by atoms with E-state index in [4.69, 9.17) is 0 Å². The molecule has 0 aliphatic heterocycles. The Morgan fingerprint density at radius 2 is 2.38 bits per heavy atom. The number of hydrogen-bond donors (Lipinski definition) is 1. The molecule has 74 valence electrons. The van der Waals surface area contributed by atoms with E-state index in [1.54, 1.807) is 11.3 Å². The van der Waals surface area contributed by atoms with Gasteiger partial charge in [0.25, 0.3) is 0 Å². The minimum absolute atomic E-state index is 0.306. The topological polar surface area (TPSA) is 20.2 Å². The molecule has 0 saturated carbocycles. The van der Waals surface area contributed by atoms with Crippen molar-refractivity contribution in [3.8, 4) is 0 Å². The molecule has 0 aromatic carbocycles. The van der Waals surface area contributed by atoms with Gasteiger partial charge in [0.1, 0.15) is 0 Å². The summed E-state index contributed by atoms with van der Waals surface area (Å²) in [5.74, 6) is 2.15.